The summed E-state index contributed by atoms with van der Waals surface area (Å²) < 4.78 is 26.6. The molecule has 0 atom stereocenters. The minimum Gasteiger partial charge on any atom is -0.265 e. The lowest BCUT2D eigenvalue weighted by atomic mass is 10.1. The Morgan fingerprint density at radius 1 is 0.939 bits per heavy atom. The molecule has 0 aliphatic carbocycles. The van der Waals surface area contributed by atoms with Gasteiger partial charge in [0.25, 0.3) is 0 Å². The van der Waals surface area contributed by atoms with E-state index in [4.69, 9.17) is 5.10 Å². The van der Waals surface area contributed by atoms with Gasteiger partial charge < -0.3 is 0 Å². The maximum absolute atomic E-state index is 12.6. The highest BCUT2D eigenvalue weighted by atomic mass is 32.2. The van der Waals surface area contributed by atoms with E-state index in [2.05, 4.69) is 17.1 Å². The second-order valence-electron chi connectivity index (χ2n) is 7.72. The number of hydrogen-bond acceptors (Lipinski definition) is 5. The first kappa shape index (κ1) is 22.9. The van der Waals surface area contributed by atoms with E-state index < -0.39 is 10.0 Å². The Bertz CT molecular complexity index is 1230. The summed E-state index contributed by atoms with van der Waals surface area (Å²) in [7, 11) is -3.45. The zero-order chi connectivity index (χ0) is 23.3. The predicted molar refractivity (Wildman–Crippen MR) is 135 cm³/mol. The summed E-state index contributed by atoms with van der Waals surface area (Å²) in [5.74, 6) is 0. The first-order chi connectivity index (χ1) is 16.0. The Kier molecular flexibility index (Phi) is 7.01. The van der Waals surface area contributed by atoms with Crippen molar-refractivity contribution < 1.29 is 8.42 Å². The van der Waals surface area contributed by atoms with Crippen LogP contribution < -0.4 is 5.01 Å². The molecule has 3 aromatic carbocycles. The number of nitrogens with zero attached hydrogens (tertiary/aromatic N) is 4. The van der Waals surface area contributed by atoms with E-state index in [1.807, 2.05) is 61.3 Å². The molecule has 0 aromatic heterocycles. The van der Waals surface area contributed by atoms with Crippen molar-refractivity contribution >= 4 is 33.3 Å². The number of hydrazone groups is 1. The average Bonchev–Trinajstić information content (AvgIpc) is 3.35. The second-order valence-corrected chi connectivity index (χ2v) is 9.66. The van der Waals surface area contributed by atoms with Gasteiger partial charge in [0.05, 0.1) is 22.0 Å². The number of sulfonamides is 1. The lowest BCUT2D eigenvalue weighted by Gasteiger charge is -2.18. The summed E-state index contributed by atoms with van der Waals surface area (Å²) in [6, 6.07) is 25.0. The van der Waals surface area contributed by atoms with Gasteiger partial charge in [-0.3, -0.25) is 10.0 Å². The fourth-order valence-electron chi connectivity index (χ4n) is 3.78. The summed E-state index contributed by atoms with van der Waals surface area (Å²) in [5, 5.41) is 6.79. The molecular weight excluding hydrogens is 432 g/mol. The van der Waals surface area contributed by atoms with E-state index in [1.54, 1.807) is 30.5 Å². The SMILES string of the molecule is CCN(CC)S(=O)(=O)c1ccc(N=Cc2ccc(N3CCC(c4ccccc4)=N3)cc2)cc1. The van der Waals surface area contributed by atoms with Crippen molar-refractivity contribution in [2.24, 2.45) is 10.1 Å². The zero-order valence-corrected chi connectivity index (χ0v) is 19.7. The van der Waals surface area contributed by atoms with Crippen molar-refractivity contribution in [3.63, 3.8) is 0 Å². The predicted octanol–water partition coefficient (Wildman–Crippen LogP) is 5.08. The van der Waals surface area contributed by atoms with Crippen molar-refractivity contribution in [2.45, 2.75) is 25.2 Å². The molecule has 7 heteroatoms. The highest BCUT2D eigenvalue weighted by Gasteiger charge is 2.21. The van der Waals surface area contributed by atoms with Gasteiger partial charge in [0.15, 0.2) is 0 Å². The smallest absolute Gasteiger partial charge is 0.243 e. The van der Waals surface area contributed by atoms with Crippen LogP contribution in [-0.4, -0.2) is 44.3 Å². The highest BCUT2D eigenvalue weighted by molar-refractivity contribution is 7.89. The van der Waals surface area contributed by atoms with Crippen molar-refractivity contribution in [1.82, 2.24) is 4.31 Å². The molecule has 0 bridgehead atoms. The largest absolute Gasteiger partial charge is 0.265 e. The van der Waals surface area contributed by atoms with Crippen molar-refractivity contribution in [1.29, 1.82) is 0 Å². The summed E-state index contributed by atoms with van der Waals surface area (Å²) >= 11 is 0. The van der Waals surface area contributed by atoms with Gasteiger partial charge >= 0.3 is 0 Å². The fraction of sp³-hybridized carbons (Fsp3) is 0.231. The lowest BCUT2D eigenvalue weighted by molar-refractivity contribution is 0.445. The third-order valence-corrected chi connectivity index (χ3v) is 7.71. The van der Waals surface area contributed by atoms with Gasteiger partial charge in [-0.2, -0.15) is 9.41 Å². The molecule has 0 saturated heterocycles. The van der Waals surface area contributed by atoms with Gasteiger partial charge in [-0.25, -0.2) is 8.42 Å². The van der Waals surface area contributed by atoms with Crippen LogP contribution in [-0.2, 0) is 10.0 Å². The van der Waals surface area contributed by atoms with Gasteiger partial charge in [-0.15, -0.1) is 0 Å². The maximum Gasteiger partial charge on any atom is 0.243 e. The molecule has 33 heavy (non-hydrogen) atoms. The third kappa shape index (κ3) is 5.21. The summed E-state index contributed by atoms with van der Waals surface area (Å²) in [5.41, 5.74) is 4.98. The topological polar surface area (TPSA) is 65.3 Å². The first-order valence-electron chi connectivity index (χ1n) is 11.2. The van der Waals surface area contributed by atoms with Crippen LogP contribution in [0.2, 0.25) is 0 Å². The molecule has 6 nitrogen and oxygen atoms in total. The maximum atomic E-state index is 12.6. The number of anilines is 1. The zero-order valence-electron chi connectivity index (χ0n) is 18.9. The number of aliphatic imine (C=N–C) groups is 1. The van der Waals surface area contributed by atoms with Crippen LogP contribution in [0.1, 0.15) is 31.4 Å². The molecule has 1 aliphatic heterocycles. The number of benzene rings is 3. The standard InChI is InChI=1S/C26H28N4O2S/c1-3-29(4-2)33(31,32)25-16-12-23(13-17-25)27-20-21-10-14-24(15-11-21)30-19-18-26(28-30)22-8-6-5-7-9-22/h5-17,20H,3-4,18-19H2,1-2H3. The van der Waals surface area contributed by atoms with Gasteiger partial charge in [0, 0.05) is 32.3 Å². The van der Waals surface area contributed by atoms with Crippen LogP contribution in [0, 0.1) is 0 Å². The minimum absolute atomic E-state index is 0.288. The molecule has 0 spiro atoms. The summed E-state index contributed by atoms with van der Waals surface area (Å²) in [4.78, 5) is 4.78. The first-order valence-corrected chi connectivity index (χ1v) is 12.6. The molecule has 4 rings (SSSR count). The van der Waals surface area contributed by atoms with Crippen LogP contribution >= 0.6 is 0 Å². The average molecular weight is 461 g/mol. The van der Waals surface area contributed by atoms with E-state index in [-0.39, 0.29) is 4.90 Å². The Morgan fingerprint density at radius 3 is 2.24 bits per heavy atom. The molecule has 0 saturated carbocycles. The van der Waals surface area contributed by atoms with Gasteiger partial charge in [-0.05, 0) is 47.5 Å². The summed E-state index contributed by atoms with van der Waals surface area (Å²) in [6.07, 6.45) is 2.70. The number of hydrogen-bond donors (Lipinski definition) is 0. The Labute approximate surface area is 196 Å². The minimum atomic E-state index is -3.45. The molecule has 0 fully saturated rings. The third-order valence-electron chi connectivity index (χ3n) is 5.64. The van der Waals surface area contributed by atoms with E-state index in [0.717, 1.165) is 29.9 Å². The van der Waals surface area contributed by atoms with Gasteiger partial charge in [-0.1, -0.05) is 56.3 Å². The molecule has 170 valence electrons. The number of rotatable bonds is 8. The quantitative estimate of drug-likeness (QED) is 0.440. The van der Waals surface area contributed by atoms with Crippen LogP contribution in [0.25, 0.3) is 0 Å². The van der Waals surface area contributed by atoms with Gasteiger partial charge in [0.2, 0.25) is 10.0 Å². The molecule has 0 N–H and O–H groups in total. The normalized spacial score (nSPS) is 14.3. The van der Waals surface area contributed by atoms with Crippen molar-refractivity contribution in [2.75, 3.05) is 24.6 Å². The van der Waals surface area contributed by atoms with E-state index in [0.29, 0.717) is 18.8 Å². The van der Waals surface area contributed by atoms with E-state index in [9.17, 15) is 8.42 Å². The molecular formula is C26H28N4O2S. The summed E-state index contributed by atoms with van der Waals surface area (Å²) in [6.45, 7) is 5.43. The Hall–Kier alpha value is -3.29. The van der Waals surface area contributed by atoms with E-state index in [1.165, 1.54) is 9.87 Å². The molecule has 0 amide bonds. The molecule has 1 heterocycles. The fourth-order valence-corrected chi connectivity index (χ4v) is 5.23. The molecule has 0 radical (unpaired) electrons. The van der Waals surface area contributed by atoms with Crippen molar-refractivity contribution in [3.8, 4) is 0 Å². The van der Waals surface area contributed by atoms with Gasteiger partial charge in [0.1, 0.15) is 0 Å². The Balaban J connectivity index is 1.42. The van der Waals surface area contributed by atoms with Crippen molar-refractivity contribution in [3.05, 3.63) is 90.0 Å². The second kappa shape index (κ2) is 10.1. The molecule has 1 aliphatic rings. The molecule has 0 unspecified atom stereocenters. The van der Waals surface area contributed by atoms with Crippen LogP contribution in [0.3, 0.4) is 0 Å². The monoisotopic (exact) mass is 460 g/mol. The Morgan fingerprint density at radius 2 is 1.61 bits per heavy atom. The highest BCUT2D eigenvalue weighted by Crippen LogP contribution is 2.23. The van der Waals surface area contributed by atoms with Crippen LogP contribution in [0.15, 0.2) is 93.9 Å². The van der Waals surface area contributed by atoms with E-state index >= 15 is 0 Å². The molecule has 3 aromatic rings. The van der Waals surface area contributed by atoms with Crippen LogP contribution in [0.4, 0.5) is 11.4 Å². The van der Waals surface area contributed by atoms with Crippen LogP contribution in [0.5, 0.6) is 0 Å². The lowest BCUT2D eigenvalue weighted by Crippen LogP contribution is -2.30.